The predicted octanol–water partition coefficient (Wildman–Crippen LogP) is 5.53. The van der Waals surface area contributed by atoms with E-state index in [-0.39, 0.29) is 6.04 Å². The van der Waals surface area contributed by atoms with Crippen LogP contribution in [0, 0.1) is 6.92 Å². The minimum absolute atomic E-state index is 0.223. The van der Waals surface area contributed by atoms with Crippen LogP contribution in [0.3, 0.4) is 0 Å². The fourth-order valence-corrected chi connectivity index (χ4v) is 2.48. The maximum absolute atomic E-state index is 6.23. The van der Waals surface area contributed by atoms with Gasteiger partial charge in [-0.05, 0) is 18.9 Å². The molecule has 1 nitrogen and oxygen atoms in total. The summed E-state index contributed by atoms with van der Waals surface area (Å²) in [6.07, 6.45) is 12.1. The van der Waals surface area contributed by atoms with Gasteiger partial charge in [-0.1, -0.05) is 88.1 Å². The summed E-state index contributed by atoms with van der Waals surface area (Å²) < 4.78 is 0. The second-order valence-corrected chi connectivity index (χ2v) is 5.78. The first kappa shape index (κ1) is 16.2. The molecule has 0 fully saturated rings. The summed E-state index contributed by atoms with van der Waals surface area (Å²) >= 11 is 0. The normalized spacial score (nSPS) is 12.6. The molecule has 2 N–H and O–H groups in total. The molecule has 1 rings (SSSR count). The predicted molar refractivity (Wildman–Crippen MR) is 85.3 cm³/mol. The molecular formula is C18H31N. The lowest BCUT2D eigenvalue weighted by molar-refractivity contribution is 0.536. The molecule has 0 aliphatic carbocycles. The molecule has 1 aromatic carbocycles. The molecule has 0 aliphatic heterocycles. The summed E-state index contributed by atoms with van der Waals surface area (Å²) in [6, 6.07) is 8.88. The first-order chi connectivity index (χ1) is 9.24. The maximum Gasteiger partial charge on any atom is 0.0294 e. The van der Waals surface area contributed by atoms with Crippen molar-refractivity contribution in [3.63, 3.8) is 0 Å². The van der Waals surface area contributed by atoms with Gasteiger partial charge in [-0.2, -0.15) is 0 Å². The largest absolute Gasteiger partial charge is 0.324 e. The van der Waals surface area contributed by atoms with Crippen LogP contribution in [0.5, 0.6) is 0 Å². The van der Waals surface area contributed by atoms with E-state index >= 15 is 0 Å². The van der Waals surface area contributed by atoms with Crippen LogP contribution in [0.2, 0.25) is 0 Å². The molecule has 0 saturated heterocycles. The third-order valence-electron chi connectivity index (χ3n) is 3.87. The van der Waals surface area contributed by atoms with Crippen LogP contribution >= 0.6 is 0 Å². The fraction of sp³-hybridized carbons (Fsp3) is 0.667. The molecule has 0 spiro atoms. The first-order valence-electron chi connectivity index (χ1n) is 8.06. The first-order valence-corrected chi connectivity index (χ1v) is 8.06. The standard InChI is InChI=1S/C18H31N/c1-3-4-5-6-7-8-9-10-11-18(19)17-14-12-16(2)13-15-17/h12-15,18H,3-11,19H2,1-2H3. The highest BCUT2D eigenvalue weighted by atomic mass is 14.6. The van der Waals surface area contributed by atoms with Crippen molar-refractivity contribution in [3.05, 3.63) is 35.4 Å². The highest BCUT2D eigenvalue weighted by molar-refractivity contribution is 5.23. The summed E-state index contributed by atoms with van der Waals surface area (Å²) in [5.74, 6) is 0. The highest BCUT2D eigenvalue weighted by Gasteiger charge is 2.04. The van der Waals surface area contributed by atoms with Crippen LogP contribution in [-0.4, -0.2) is 0 Å². The second kappa shape index (κ2) is 10.0. The van der Waals surface area contributed by atoms with Crippen LogP contribution in [0.1, 0.15) is 81.9 Å². The number of benzene rings is 1. The molecule has 0 aromatic heterocycles. The van der Waals surface area contributed by atoms with E-state index in [1.807, 2.05) is 0 Å². The third kappa shape index (κ3) is 7.37. The Labute approximate surface area is 119 Å². The number of hydrogen-bond acceptors (Lipinski definition) is 1. The van der Waals surface area contributed by atoms with Gasteiger partial charge in [0.15, 0.2) is 0 Å². The Kier molecular flexibility index (Phi) is 8.57. The van der Waals surface area contributed by atoms with Crippen molar-refractivity contribution in [1.29, 1.82) is 0 Å². The topological polar surface area (TPSA) is 26.0 Å². The Morgan fingerprint density at radius 2 is 1.37 bits per heavy atom. The van der Waals surface area contributed by atoms with E-state index in [4.69, 9.17) is 5.73 Å². The minimum atomic E-state index is 0.223. The molecule has 0 aliphatic rings. The Morgan fingerprint density at radius 3 is 1.95 bits per heavy atom. The van der Waals surface area contributed by atoms with Crippen LogP contribution in [0.25, 0.3) is 0 Å². The molecule has 1 unspecified atom stereocenters. The van der Waals surface area contributed by atoms with Gasteiger partial charge >= 0.3 is 0 Å². The zero-order valence-corrected chi connectivity index (χ0v) is 12.8. The molecule has 1 atom stereocenters. The summed E-state index contributed by atoms with van der Waals surface area (Å²) in [5, 5.41) is 0. The molecule has 1 aromatic rings. The van der Waals surface area contributed by atoms with Crippen LogP contribution in [-0.2, 0) is 0 Å². The lowest BCUT2D eigenvalue weighted by Crippen LogP contribution is -2.09. The van der Waals surface area contributed by atoms with Gasteiger partial charge in [-0.15, -0.1) is 0 Å². The van der Waals surface area contributed by atoms with Gasteiger partial charge in [0.05, 0.1) is 0 Å². The molecule has 108 valence electrons. The van der Waals surface area contributed by atoms with Crippen LogP contribution < -0.4 is 5.73 Å². The van der Waals surface area contributed by atoms with Crippen LogP contribution in [0.4, 0.5) is 0 Å². The number of aryl methyl sites for hydroxylation is 1. The summed E-state index contributed by atoms with van der Waals surface area (Å²) in [4.78, 5) is 0. The SMILES string of the molecule is CCCCCCCCCCC(N)c1ccc(C)cc1. The van der Waals surface area contributed by atoms with Gasteiger partial charge in [-0.3, -0.25) is 0 Å². The zero-order chi connectivity index (χ0) is 13.9. The molecule has 0 bridgehead atoms. The van der Waals surface area contributed by atoms with E-state index in [9.17, 15) is 0 Å². The Hall–Kier alpha value is -0.820. The minimum Gasteiger partial charge on any atom is -0.324 e. The van der Waals surface area contributed by atoms with Gasteiger partial charge in [0, 0.05) is 6.04 Å². The lowest BCUT2D eigenvalue weighted by atomic mass is 9.99. The average Bonchev–Trinajstić information content (AvgIpc) is 2.42. The molecule has 0 radical (unpaired) electrons. The maximum atomic E-state index is 6.23. The average molecular weight is 261 g/mol. The van der Waals surface area contributed by atoms with Gasteiger partial charge in [0.2, 0.25) is 0 Å². The van der Waals surface area contributed by atoms with E-state index in [1.54, 1.807) is 0 Å². The summed E-state index contributed by atoms with van der Waals surface area (Å²) in [6.45, 7) is 4.39. The third-order valence-corrected chi connectivity index (χ3v) is 3.87. The van der Waals surface area contributed by atoms with Gasteiger partial charge in [0.25, 0.3) is 0 Å². The fourth-order valence-electron chi connectivity index (χ4n) is 2.48. The van der Waals surface area contributed by atoms with Crippen molar-refractivity contribution in [2.24, 2.45) is 5.73 Å². The van der Waals surface area contributed by atoms with E-state index in [0.717, 1.165) is 6.42 Å². The molecule has 19 heavy (non-hydrogen) atoms. The zero-order valence-electron chi connectivity index (χ0n) is 12.8. The van der Waals surface area contributed by atoms with E-state index in [2.05, 4.69) is 38.1 Å². The van der Waals surface area contributed by atoms with Gasteiger partial charge in [0.1, 0.15) is 0 Å². The van der Waals surface area contributed by atoms with Crippen molar-refractivity contribution < 1.29 is 0 Å². The number of rotatable bonds is 10. The van der Waals surface area contributed by atoms with Crippen molar-refractivity contribution >= 4 is 0 Å². The molecule has 0 saturated carbocycles. The van der Waals surface area contributed by atoms with Gasteiger partial charge in [-0.25, -0.2) is 0 Å². The number of unbranched alkanes of at least 4 members (excludes halogenated alkanes) is 7. The van der Waals surface area contributed by atoms with Crippen molar-refractivity contribution in [3.8, 4) is 0 Å². The highest BCUT2D eigenvalue weighted by Crippen LogP contribution is 2.18. The number of hydrogen-bond donors (Lipinski definition) is 1. The molecule has 0 amide bonds. The molecule has 0 heterocycles. The van der Waals surface area contributed by atoms with Crippen molar-refractivity contribution in [1.82, 2.24) is 0 Å². The van der Waals surface area contributed by atoms with Crippen LogP contribution in [0.15, 0.2) is 24.3 Å². The van der Waals surface area contributed by atoms with E-state index in [0.29, 0.717) is 0 Å². The van der Waals surface area contributed by atoms with Crippen molar-refractivity contribution in [2.75, 3.05) is 0 Å². The quantitative estimate of drug-likeness (QED) is 0.551. The second-order valence-electron chi connectivity index (χ2n) is 5.78. The lowest BCUT2D eigenvalue weighted by Gasteiger charge is -2.12. The summed E-state index contributed by atoms with van der Waals surface area (Å²) in [7, 11) is 0. The Morgan fingerprint density at radius 1 is 0.842 bits per heavy atom. The van der Waals surface area contributed by atoms with E-state index in [1.165, 1.54) is 62.5 Å². The van der Waals surface area contributed by atoms with E-state index < -0.39 is 0 Å². The smallest absolute Gasteiger partial charge is 0.0294 e. The molecule has 1 heteroatoms. The Bertz CT molecular complexity index is 315. The molecular weight excluding hydrogens is 230 g/mol. The summed E-state index contributed by atoms with van der Waals surface area (Å²) in [5.41, 5.74) is 8.82. The van der Waals surface area contributed by atoms with Crippen molar-refractivity contribution in [2.45, 2.75) is 77.7 Å². The Balaban J connectivity index is 2.04. The van der Waals surface area contributed by atoms with Gasteiger partial charge < -0.3 is 5.73 Å². The number of nitrogens with two attached hydrogens (primary N) is 1. The monoisotopic (exact) mass is 261 g/mol.